The zero-order valence-corrected chi connectivity index (χ0v) is 18.3. The second-order valence-electron chi connectivity index (χ2n) is 7.15. The van der Waals surface area contributed by atoms with Crippen LogP contribution in [0.3, 0.4) is 0 Å². The van der Waals surface area contributed by atoms with Crippen LogP contribution in [0, 0.1) is 0 Å². The van der Waals surface area contributed by atoms with E-state index in [4.69, 9.17) is 0 Å². The first-order chi connectivity index (χ1) is 9.93. The van der Waals surface area contributed by atoms with E-state index in [0.29, 0.717) is 0 Å². The van der Waals surface area contributed by atoms with E-state index in [-0.39, 0.29) is 0 Å². The Bertz CT molecular complexity index is 310. The molecule has 0 bridgehead atoms. The highest BCUT2D eigenvalue weighted by molar-refractivity contribution is 14.1. The Morgan fingerprint density at radius 2 is 1.43 bits per heavy atom. The van der Waals surface area contributed by atoms with Gasteiger partial charge in [-0.3, -0.25) is 0 Å². The minimum atomic E-state index is -1.16. The highest BCUT2D eigenvalue weighted by Crippen LogP contribution is 2.29. The molecule has 2 heteroatoms. The second-order valence-corrected chi connectivity index (χ2v) is 14.2. The molecule has 0 amide bonds. The monoisotopic (exact) mass is 420 g/mol. The Labute approximate surface area is 149 Å². The molecule has 21 heavy (non-hydrogen) atoms. The number of hydrogen-bond acceptors (Lipinski definition) is 0. The summed E-state index contributed by atoms with van der Waals surface area (Å²) >= 11 is 2.64. The summed E-state index contributed by atoms with van der Waals surface area (Å²) in [6.07, 6.45) is 18.4. The molecule has 0 saturated carbocycles. The third-order valence-electron chi connectivity index (χ3n) is 3.78. The molecular formula is C19H37ISi. The van der Waals surface area contributed by atoms with Crippen LogP contribution in [0.2, 0.25) is 19.6 Å². The summed E-state index contributed by atoms with van der Waals surface area (Å²) in [5.41, 5.74) is 1.64. The van der Waals surface area contributed by atoms with Crippen molar-refractivity contribution in [1.82, 2.24) is 0 Å². The van der Waals surface area contributed by atoms with Crippen LogP contribution in [0.25, 0.3) is 0 Å². The van der Waals surface area contributed by atoms with Gasteiger partial charge in [0.1, 0.15) is 0 Å². The van der Waals surface area contributed by atoms with Crippen molar-refractivity contribution in [2.24, 2.45) is 0 Å². The summed E-state index contributed by atoms with van der Waals surface area (Å²) in [4.78, 5) is 0. The Balaban J connectivity index is 4.48. The molecule has 0 fully saturated rings. The van der Waals surface area contributed by atoms with Crippen LogP contribution in [0.4, 0.5) is 0 Å². The van der Waals surface area contributed by atoms with Gasteiger partial charge in [-0.05, 0) is 34.5 Å². The third kappa shape index (κ3) is 11.6. The van der Waals surface area contributed by atoms with E-state index >= 15 is 0 Å². The lowest BCUT2D eigenvalue weighted by Crippen LogP contribution is -2.21. The SMILES string of the molecule is CCCCCCC=CC(CCCCCC)=C(I)[Si](C)(C)C. The summed E-state index contributed by atoms with van der Waals surface area (Å²) < 4.78 is 1.68. The third-order valence-corrected chi connectivity index (χ3v) is 11.0. The van der Waals surface area contributed by atoms with Crippen LogP contribution < -0.4 is 0 Å². The molecule has 0 saturated heterocycles. The van der Waals surface area contributed by atoms with Crippen molar-refractivity contribution in [3.05, 3.63) is 20.9 Å². The zero-order valence-electron chi connectivity index (χ0n) is 15.1. The molecule has 0 aromatic rings. The van der Waals surface area contributed by atoms with Gasteiger partial charge in [-0.25, -0.2) is 0 Å². The molecule has 0 nitrogen and oxygen atoms in total. The predicted octanol–water partition coefficient (Wildman–Crippen LogP) is 8.05. The van der Waals surface area contributed by atoms with Crippen molar-refractivity contribution in [1.29, 1.82) is 0 Å². The fourth-order valence-corrected chi connectivity index (χ4v) is 4.03. The Morgan fingerprint density at radius 1 is 0.857 bits per heavy atom. The Morgan fingerprint density at radius 3 is 1.95 bits per heavy atom. The van der Waals surface area contributed by atoms with Crippen molar-refractivity contribution in [3.63, 3.8) is 0 Å². The molecule has 0 heterocycles. The van der Waals surface area contributed by atoms with Gasteiger partial charge in [0.2, 0.25) is 0 Å². The lowest BCUT2D eigenvalue weighted by atomic mass is 10.1. The van der Waals surface area contributed by atoms with E-state index in [1.807, 2.05) is 0 Å². The fourth-order valence-electron chi connectivity index (χ4n) is 2.40. The average molecular weight is 420 g/mol. The summed E-state index contributed by atoms with van der Waals surface area (Å²) in [6.45, 7) is 12.0. The van der Waals surface area contributed by atoms with E-state index in [1.54, 1.807) is 8.78 Å². The predicted molar refractivity (Wildman–Crippen MR) is 111 cm³/mol. The molecule has 0 aromatic heterocycles. The molecule has 124 valence electrons. The van der Waals surface area contributed by atoms with Gasteiger partial charge in [-0.1, -0.05) is 107 Å². The van der Waals surface area contributed by atoms with Gasteiger partial charge in [0.25, 0.3) is 0 Å². The molecule has 0 spiro atoms. The Hall–Kier alpha value is 0.427. The zero-order chi connectivity index (χ0) is 16.1. The number of halogens is 1. The summed E-state index contributed by atoms with van der Waals surface area (Å²) in [7, 11) is -1.16. The summed E-state index contributed by atoms with van der Waals surface area (Å²) in [6, 6.07) is 0. The van der Waals surface area contributed by atoms with E-state index in [1.165, 1.54) is 64.2 Å². The van der Waals surface area contributed by atoms with Crippen LogP contribution >= 0.6 is 22.6 Å². The number of hydrogen-bond donors (Lipinski definition) is 0. The standard InChI is InChI=1S/C19H37ISi/c1-6-8-10-12-13-15-17-18(16-14-11-9-7-2)19(20)21(3,4)5/h15,17H,6-14,16H2,1-5H3. The molecule has 0 aliphatic heterocycles. The van der Waals surface area contributed by atoms with Crippen molar-refractivity contribution < 1.29 is 0 Å². The molecule has 0 aliphatic rings. The highest BCUT2D eigenvalue weighted by Gasteiger charge is 2.19. The molecule has 0 N–H and O–H groups in total. The quantitative estimate of drug-likeness (QED) is 0.130. The highest BCUT2D eigenvalue weighted by atomic mass is 127. The van der Waals surface area contributed by atoms with Gasteiger partial charge in [0, 0.05) is 0 Å². The maximum atomic E-state index is 2.64. The van der Waals surface area contributed by atoms with Gasteiger partial charge in [-0.15, -0.1) is 0 Å². The molecule has 0 unspecified atom stereocenters. The largest absolute Gasteiger partial charge is 0.0858 e. The maximum Gasteiger partial charge on any atom is 0.0858 e. The molecule has 0 aliphatic carbocycles. The van der Waals surface area contributed by atoms with Gasteiger partial charge < -0.3 is 0 Å². The van der Waals surface area contributed by atoms with Crippen molar-refractivity contribution in [2.45, 2.75) is 97.7 Å². The number of rotatable bonds is 12. The van der Waals surface area contributed by atoms with Crippen LogP contribution in [0.1, 0.15) is 78.1 Å². The van der Waals surface area contributed by atoms with E-state index in [9.17, 15) is 0 Å². The normalized spacial score (nSPS) is 13.8. The van der Waals surface area contributed by atoms with Crippen LogP contribution in [-0.2, 0) is 0 Å². The van der Waals surface area contributed by atoms with Crippen LogP contribution in [0.5, 0.6) is 0 Å². The van der Waals surface area contributed by atoms with Crippen molar-refractivity contribution in [2.75, 3.05) is 0 Å². The smallest absolute Gasteiger partial charge is 0.0843 e. The maximum absolute atomic E-state index is 2.64. The van der Waals surface area contributed by atoms with Crippen molar-refractivity contribution in [3.8, 4) is 0 Å². The van der Waals surface area contributed by atoms with Gasteiger partial charge >= 0.3 is 0 Å². The first-order valence-corrected chi connectivity index (χ1v) is 13.6. The Kier molecular flexibility index (Phi) is 13.2. The molecule has 0 rings (SSSR count). The van der Waals surface area contributed by atoms with E-state index in [2.05, 4.69) is 68.2 Å². The second kappa shape index (κ2) is 12.9. The molecule has 0 radical (unpaired) electrons. The van der Waals surface area contributed by atoms with Gasteiger partial charge in [0.05, 0.1) is 8.07 Å². The summed E-state index contributed by atoms with van der Waals surface area (Å²) in [5.74, 6) is 0. The topological polar surface area (TPSA) is 0 Å². The van der Waals surface area contributed by atoms with E-state index < -0.39 is 8.07 Å². The van der Waals surface area contributed by atoms with Gasteiger partial charge in [-0.2, -0.15) is 0 Å². The lowest BCUT2D eigenvalue weighted by Gasteiger charge is -2.19. The van der Waals surface area contributed by atoms with E-state index in [0.717, 1.165) is 0 Å². The van der Waals surface area contributed by atoms with Crippen LogP contribution in [-0.4, -0.2) is 8.07 Å². The fraction of sp³-hybridized carbons (Fsp3) is 0.789. The number of unbranched alkanes of at least 4 members (excludes halogenated alkanes) is 7. The molecule has 0 atom stereocenters. The molecular weight excluding hydrogens is 383 g/mol. The average Bonchev–Trinajstić information content (AvgIpc) is 2.43. The summed E-state index contributed by atoms with van der Waals surface area (Å²) in [5, 5.41) is 0. The first kappa shape index (κ1) is 21.4. The van der Waals surface area contributed by atoms with Crippen LogP contribution in [0.15, 0.2) is 20.9 Å². The first-order valence-electron chi connectivity index (χ1n) is 8.99. The van der Waals surface area contributed by atoms with Gasteiger partial charge in [0.15, 0.2) is 0 Å². The minimum absolute atomic E-state index is 1.16. The lowest BCUT2D eigenvalue weighted by molar-refractivity contribution is 0.666. The molecule has 0 aromatic carbocycles. The minimum Gasteiger partial charge on any atom is -0.0843 e. The van der Waals surface area contributed by atoms with Crippen molar-refractivity contribution >= 4 is 30.7 Å². The number of allylic oxidation sites excluding steroid dienone is 3.